The monoisotopic (exact) mass is 331 g/mol. The quantitative estimate of drug-likeness (QED) is 0.357. The maximum absolute atomic E-state index is 9.55. The van der Waals surface area contributed by atoms with Gasteiger partial charge in [-0.2, -0.15) is 0 Å². The van der Waals surface area contributed by atoms with Gasteiger partial charge in [0.2, 0.25) is 0 Å². The van der Waals surface area contributed by atoms with Crippen molar-refractivity contribution >= 4 is 26.3 Å². The third-order valence-corrected chi connectivity index (χ3v) is 1.99. The van der Waals surface area contributed by atoms with E-state index in [0.717, 1.165) is 14.9 Å². The van der Waals surface area contributed by atoms with Crippen molar-refractivity contribution in [3.63, 3.8) is 0 Å². The third kappa shape index (κ3) is 6.81. The van der Waals surface area contributed by atoms with Crippen molar-refractivity contribution in [1.82, 2.24) is 0 Å². The van der Waals surface area contributed by atoms with Crippen LogP contribution in [0.25, 0.3) is 0 Å². The zero-order valence-electron chi connectivity index (χ0n) is 10.5. The van der Waals surface area contributed by atoms with E-state index in [4.69, 9.17) is 0 Å². The summed E-state index contributed by atoms with van der Waals surface area (Å²) in [5.74, 6) is 5.66. The first kappa shape index (κ1) is 15.4. The second-order valence-corrected chi connectivity index (χ2v) is 5.73. The minimum Gasteiger partial charge on any atom is -0.378 e. The number of hydrogen-bond donors (Lipinski definition) is 1. The highest BCUT2D eigenvalue weighted by atomic mass is 127. The van der Waals surface area contributed by atoms with E-state index in [1.54, 1.807) is 13.8 Å². The van der Waals surface area contributed by atoms with Gasteiger partial charge in [-0.25, -0.2) is 4.99 Å². The van der Waals surface area contributed by atoms with Gasteiger partial charge in [-0.1, -0.05) is 18.1 Å². The molecule has 0 atom stereocenters. The average Bonchev–Trinajstić information content (AvgIpc) is 2.08. The summed E-state index contributed by atoms with van der Waals surface area (Å²) in [6.07, 6.45) is 0. The van der Waals surface area contributed by atoms with Gasteiger partial charge < -0.3 is 5.11 Å². The molecule has 0 aromatic rings. The molecule has 0 spiro atoms. The van der Waals surface area contributed by atoms with E-state index < -0.39 is 5.60 Å². The summed E-state index contributed by atoms with van der Waals surface area (Å²) in [5.41, 5.74) is 1.55. The Balaban J connectivity index is 5.45. The van der Waals surface area contributed by atoms with Crippen LogP contribution in [0.15, 0.2) is 28.4 Å². The van der Waals surface area contributed by atoms with Crippen molar-refractivity contribution in [3.05, 3.63) is 23.4 Å². The van der Waals surface area contributed by atoms with Crippen molar-refractivity contribution < 1.29 is 5.11 Å². The second kappa shape index (κ2) is 6.21. The Morgan fingerprint density at radius 3 is 2.12 bits per heavy atom. The summed E-state index contributed by atoms with van der Waals surface area (Å²) < 4.78 is 0.901. The molecular weight excluding hydrogens is 313 g/mol. The lowest BCUT2D eigenvalue weighted by Crippen LogP contribution is -2.14. The highest BCUT2D eigenvalue weighted by molar-refractivity contribution is 14.1. The maximum Gasteiger partial charge on any atom is 0.120 e. The molecule has 88 valence electrons. The van der Waals surface area contributed by atoms with Gasteiger partial charge in [-0.15, -0.1) is 0 Å². The molecule has 3 heteroatoms. The van der Waals surface area contributed by atoms with Crippen molar-refractivity contribution in [3.8, 4) is 11.8 Å². The van der Waals surface area contributed by atoms with Crippen LogP contribution in [-0.2, 0) is 0 Å². The highest BCUT2D eigenvalue weighted by Gasteiger charge is 2.07. The molecule has 0 rings (SSSR count). The van der Waals surface area contributed by atoms with E-state index in [-0.39, 0.29) is 0 Å². The number of allylic oxidation sites excluding steroid dienone is 3. The van der Waals surface area contributed by atoms with Gasteiger partial charge in [0.25, 0.3) is 0 Å². The van der Waals surface area contributed by atoms with Crippen LogP contribution in [0.4, 0.5) is 0 Å². The van der Waals surface area contributed by atoms with Gasteiger partial charge in [-0.05, 0) is 68.7 Å². The standard InChI is InChI=1S/C13H18INO/c1-9(2)10(3)12(15-11(4)14)7-8-13(5,6)16/h16H,1H2,2-6H3/b12-10+,15-11?. The smallest absolute Gasteiger partial charge is 0.120 e. The van der Waals surface area contributed by atoms with Gasteiger partial charge in [0.15, 0.2) is 0 Å². The molecule has 16 heavy (non-hydrogen) atoms. The number of halogens is 1. The summed E-state index contributed by atoms with van der Waals surface area (Å²) in [5, 5.41) is 9.55. The predicted octanol–water partition coefficient (Wildman–Crippen LogP) is 3.46. The second-order valence-electron chi connectivity index (χ2n) is 4.17. The van der Waals surface area contributed by atoms with Crippen molar-refractivity contribution in [2.45, 2.75) is 40.2 Å². The van der Waals surface area contributed by atoms with Crippen molar-refractivity contribution in [1.29, 1.82) is 0 Å². The topological polar surface area (TPSA) is 32.6 Å². The van der Waals surface area contributed by atoms with Gasteiger partial charge in [-0.3, -0.25) is 0 Å². The van der Waals surface area contributed by atoms with Crippen LogP contribution in [0, 0.1) is 11.8 Å². The van der Waals surface area contributed by atoms with Crippen molar-refractivity contribution in [2.24, 2.45) is 4.99 Å². The fraction of sp³-hybridized carbons (Fsp3) is 0.462. The van der Waals surface area contributed by atoms with E-state index in [2.05, 4.69) is 46.0 Å². The molecule has 1 N–H and O–H groups in total. The first-order valence-corrected chi connectivity index (χ1v) is 6.04. The Hall–Kier alpha value is -0.600. The number of aliphatic imine (C=N–C) groups is 1. The summed E-state index contributed by atoms with van der Waals surface area (Å²) in [6, 6.07) is 0. The van der Waals surface area contributed by atoms with Crippen LogP contribution < -0.4 is 0 Å². The zero-order chi connectivity index (χ0) is 12.9. The average molecular weight is 331 g/mol. The fourth-order valence-electron chi connectivity index (χ4n) is 0.774. The van der Waals surface area contributed by atoms with E-state index in [9.17, 15) is 5.11 Å². The molecule has 0 aliphatic heterocycles. The molecule has 0 bridgehead atoms. The molecular formula is C13H18INO. The van der Waals surface area contributed by atoms with E-state index >= 15 is 0 Å². The number of rotatable bonds is 2. The maximum atomic E-state index is 9.55. The molecule has 0 aromatic carbocycles. The van der Waals surface area contributed by atoms with E-state index in [0.29, 0.717) is 5.70 Å². The summed E-state index contributed by atoms with van der Waals surface area (Å²) in [7, 11) is 0. The minimum atomic E-state index is -1.00. The number of hydrogen-bond acceptors (Lipinski definition) is 2. The Bertz CT molecular complexity index is 396. The fourth-order valence-corrected chi connectivity index (χ4v) is 1.02. The molecule has 0 amide bonds. The molecule has 2 nitrogen and oxygen atoms in total. The Kier molecular flexibility index (Phi) is 5.98. The van der Waals surface area contributed by atoms with Gasteiger partial charge in [0.1, 0.15) is 11.3 Å². The molecule has 0 aliphatic rings. The number of aliphatic hydroxyl groups is 1. The summed E-state index contributed by atoms with van der Waals surface area (Å²) >= 11 is 2.13. The van der Waals surface area contributed by atoms with Crippen molar-refractivity contribution in [2.75, 3.05) is 0 Å². The van der Waals surface area contributed by atoms with Crippen LogP contribution in [0.3, 0.4) is 0 Å². The lowest BCUT2D eigenvalue weighted by Gasteiger charge is -2.07. The lowest BCUT2D eigenvalue weighted by atomic mass is 10.1. The Morgan fingerprint density at radius 1 is 1.31 bits per heavy atom. The van der Waals surface area contributed by atoms with Gasteiger partial charge in [0.05, 0.1) is 3.72 Å². The summed E-state index contributed by atoms with van der Waals surface area (Å²) in [4.78, 5) is 4.34. The molecule has 0 saturated heterocycles. The Labute approximate surface area is 112 Å². The van der Waals surface area contributed by atoms with Crippen LogP contribution in [-0.4, -0.2) is 14.4 Å². The van der Waals surface area contributed by atoms with E-state index in [1.807, 2.05) is 20.8 Å². The van der Waals surface area contributed by atoms with E-state index in [1.165, 1.54) is 0 Å². The number of nitrogens with zero attached hydrogens (tertiary/aromatic N) is 1. The van der Waals surface area contributed by atoms with Gasteiger partial charge >= 0.3 is 0 Å². The van der Waals surface area contributed by atoms with Crippen LogP contribution in [0.1, 0.15) is 34.6 Å². The molecule has 0 heterocycles. The normalized spacial score (nSPS) is 13.8. The highest BCUT2D eigenvalue weighted by Crippen LogP contribution is 2.14. The predicted molar refractivity (Wildman–Crippen MR) is 78.7 cm³/mol. The molecule has 0 fully saturated rings. The minimum absolute atomic E-state index is 0.668. The molecule has 0 unspecified atom stereocenters. The summed E-state index contributed by atoms with van der Waals surface area (Å²) in [6.45, 7) is 12.9. The van der Waals surface area contributed by atoms with Crippen LogP contribution in [0.2, 0.25) is 0 Å². The molecule has 0 aliphatic carbocycles. The van der Waals surface area contributed by atoms with Gasteiger partial charge in [0, 0.05) is 0 Å². The third-order valence-electron chi connectivity index (χ3n) is 1.75. The SMILES string of the molecule is C=C(C)/C(C)=C(\C#CC(C)(C)O)N=C(C)I. The molecule has 0 aromatic heterocycles. The largest absolute Gasteiger partial charge is 0.378 e. The zero-order valence-corrected chi connectivity index (χ0v) is 12.6. The van der Waals surface area contributed by atoms with Crippen LogP contribution >= 0.6 is 22.6 Å². The first-order chi connectivity index (χ1) is 7.13. The molecule has 0 radical (unpaired) electrons. The molecule has 0 saturated carbocycles. The van der Waals surface area contributed by atoms with Crippen LogP contribution in [0.5, 0.6) is 0 Å². The lowest BCUT2D eigenvalue weighted by molar-refractivity contribution is 0.143. The Morgan fingerprint density at radius 2 is 1.81 bits per heavy atom. The first-order valence-electron chi connectivity index (χ1n) is 4.96.